The quantitative estimate of drug-likeness (QED) is 0.750. The van der Waals surface area contributed by atoms with Crippen molar-refractivity contribution in [3.8, 4) is 11.5 Å². The molecule has 0 radical (unpaired) electrons. The van der Waals surface area contributed by atoms with Crippen LogP contribution in [0.4, 0.5) is 13.2 Å². The lowest BCUT2D eigenvalue weighted by molar-refractivity contribution is -0.137. The van der Waals surface area contributed by atoms with Crippen LogP contribution in [0.5, 0.6) is 11.5 Å². The summed E-state index contributed by atoms with van der Waals surface area (Å²) in [5.74, 6) is 1.30. The first kappa shape index (κ1) is 21.4. The number of hydrogen-bond acceptors (Lipinski definition) is 3. The molecule has 1 N–H and O–H groups in total. The monoisotopic (exact) mass is 401 g/mol. The summed E-state index contributed by atoms with van der Waals surface area (Å²) in [5.41, 5.74) is 1.95. The second-order valence-electron chi connectivity index (χ2n) is 6.12. The molecule has 1 unspecified atom stereocenters. The Bertz CT molecular complexity index is 780. The number of fused-ring (bicyclic) bond motifs is 1. The molecule has 0 spiro atoms. The van der Waals surface area contributed by atoms with Crippen LogP contribution in [-0.2, 0) is 12.6 Å². The summed E-state index contributed by atoms with van der Waals surface area (Å²) < 4.78 is 50.6. The van der Waals surface area contributed by atoms with Gasteiger partial charge in [0.1, 0.15) is 0 Å². The molecule has 2 aromatic rings. The van der Waals surface area contributed by atoms with Crippen molar-refractivity contribution in [2.45, 2.75) is 32.5 Å². The third kappa shape index (κ3) is 4.68. The average molecular weight is 402 g/mol. The third-order valence-corrected chi connectivity index (χ3v) is 4.41. The Balaban J connectivity index is 0.00000261. The number of alkyl halides is 3. The summed E-state index contributed by atoms with van der Waals surface area (Å²) in [6.45, 7) is 5.49. The Morgan fingerprint density at radius 2 is 1.70 bits per heavy atom. The van der Waals surface area contributed by atoms with Gasteiger partial charge >= 0.3 is 6.18 Å². The van der Waals surface area contributed by atoms with Gasteiger partial charge in [0.25, 0.3) is 0 Å². The number of benzene rings is 2. The third-order valence-electron chi connectivity index (χ3n) is 4.41. The molecule has 3 nitrogen and oxygen atoms in total. The molecule has 0 saturated carbocycles. The Morgan fingerprint density at radius 1 is 1.04 bits per heavy atom. The topological polar surface area (TPSA) is 30.5 Å². The van der Waals surface area contributed by atoms with Crippen molar-refractivity contribution in [1.29, 1.82) is 0 Å². The highest BCUT2D eigenvalue weighted by molar-refractivity contribution is 5.85. The van der Waals surface area contributed by atoms with E-state index in [1.807, 2.05) is 26.0 Å². The first-order valence-electron chi connectivity index (χ1n) is 8.77. The maximum absolute atomic E-state index is 13.1. The van der Waals surface area contributed by atoms with Gasteiger partial charge in [-0.15, -0.1) is 12.4 Å². The Hall–Kier alpha value is -1.92. The van der Waals surface area contributed by atoms with Crippen molar-refractivity contribution in [2.75, 3.05) is 19.8 Å². The van der Waals surface area contributed by atoms with Crippen LogP contribution >= 0.6 is 12.4 Å². The summed E-state index contributed by atoms with van der Waals surface area (Å²) >= 11 is 0. The summed E-state index contributed by atoms with van der Waals surface area (Å²) in [4.78, 5) is 0. The van der Waals surface area contributed by atoms with E-state index in [1.165, 1.54) is 12.1 Å². The van der Waals surface area contributed by atoms with Crippen LogP contribution < -0.4 is 14.8 Å². The van der Waals surface area contributed by atoms with Gasteiger partial charge in [-0.2, -0.15) is 13.2 Å². The van der Waals surface area contributed by atoms with E-state index in [0.717, 1.165) is 23.6 Å². The molecule has 148 valence electrons. The molecule has 2 aromatic carbocycles. The minimum Gasteiger partial charge on any atom is -0.490 e. The number of rotatable bonds is 5. The van der Waals surface area contributed by atoms with Crippen LogP contribution in [0.15, 0.2) is 36.4 Å². The smallest absolute Gasteiger partial charge is 0.416 e. The van der Waals surface area contributed by atoms with Crippen molar-refractivity contribution in [1.82, 2.24) is 5.32 Å². The van der Waals surface area contributed by atoms with Gasteiger partial charge in [-0.1, -0.05) is 12.1 Å². The maximum atomic E-state index is 13.1. The normalized spacial score (nSPS) is 16.3. The lowest BCUT2D eigenvalue weighted by Crippen LogP contribution is -2.31. The van der Waals surface area contributed by atoms with Crippen LogP contribution in [0.1, 0.15) is 42.1 Å². The second kappa shape index (κ2) is 8.85. The zero-order valence-corrected chi connectivity index (χ0v) is 16.0. The molecule has 0 aromatic heterocycles. The highest BCUT2D eigenvalue weighted by atomic mass is 35.5. The van der Waals surface area contributed by atoms with Gasteiger partial charge < -0.3 is 14.8 Å². The van der Waals surface area contributed by atoms with E-state index in [1.54, 1.807) is 6.07 Å². The lowest BCUT2D eigenvalue weighted by atomic mass is 9.88. The highest BCUT2D eigenvalue weighted by Crippen LogP contribution is 2.39. The van der Waals surface area contributed by atoms with Crippen molar-refractivity contribution in [3.05, 3.63) is 58.7 Å². The molecule has 1 aliphatic rings. The van der Waals surface area contributed by atoms with Crippen molar-refractivity contribution < 1.29 is 22.6 Å². The second-order valence-corrected chi connectivity index (χ2v) is 6.12. The average Bonchev–Trinajstić information content (AvgIpc) is 2.61. The van der Waals surface area contributed by atoms with Crippen LogP contribution in [0.25, 0.3) is 0 Å². The van der Waals surface area contributed by atoms with E-state index in [-0.39, 0.29) is 18.4 Å². The van der Waals surface area contributed by atoms with E-state index < -0.39 is 11.7 Å². The number of ether oxygens (including phenoxy) is 2. The standard InChI is InChI=1S/C20H22F3NO2.ClH/c1-3-25-17-11-13-8-9-24-19(16(13)12-18(17)26-4-2)14-6-5-7-15(10-14)20(21,22)23;/h5-7,10-12,19,24H,3-4,8-9H2,1-2H3;1H. The van der Waals surface area contributed by atoms with Gasteiger partial charge in [-0.05, 0) is 61.2 Å². The molecular weight excluding hydrogens is 379 g/mol. The fourth-order valence-electron chi connectivity index (χ4n) is 3.29. The van der Waals surface area contributed by atoms with Gasteiger partial charge in [0.15, 0.2) is 11.5 Å². The predicted molar refractivity (Wildman–Crippen MR) is 101 cm³/mol. The molecule has 1 aliphatic heterocycles. The molecule has 0 fully saturated rings. The van der Waals surface area contributed by atoms with E-state index in [2.05, 4.69) is 5.32 Å². The van der Waals surface area contributed by atoms with Gasteiger partial charge in [-0.25, -0.2) is 0 Å². The molecule has 0 amide bonds. The molecule has 0 saturated heterocycles. The van der Waals surface area contributed by atoms with Gasteiger partial charge in [-0.3, -0.25) is 0 Å². The molecule has 0 bridgehead atoms. The fraction of sp³-hybridized carbons (Fsp3) is 0.400. The first-order chi connectivity index (χ1) is 12.4. The summed E-state index contributed by atoms with van der Waals surface area (Å²) in [6.07, 6.45) is -3.57. The van der Waals surface area contributed by atoms with Crippen molar-refractivity contribution >= 4 is 12.4 Å². The fourth-order valence-corrected chi connectivity index (χ4v) is 3.29. The molecule has 1 heterocycles. The Morgan fingerprint density at radius 3 is 2.33 bits per heavy atom. The molecule has 27 heavy (non-hydrogen) atoms. The van der Waals surface area contributed by atoms with Crippen LogP contribution in [0, 0.1) is 0 Å². The van der Waals surface area contributed by atoms with Crippen molar-refractivity contribution in [2.24, 2.45) is 0 Å². The van der Waals surface area contributed by atoms with Crippen molar-refractivity contribution in [3.63, 3.8) is 0 Å². The Kier molecular flexibility index (Phi) is 7.00. The first-order valence-corrected chi connectivity index (χ1v) is 8.77. The highest BCUT2D eigenvalue weighted by Gasteiger charge is 2.32. The van der Waals surface area contributed by atoms with Crippen LogP contribution in [0.2, 0.25) is 0 Å². The zero-order valence-electron chi connectivity index (χ0n) is 15.2. The number of hydrogen-bond donors (Lipinski definition) is 1. The maximum Gasteiger partial charge on any atom is 0.416 e. The molecular formula is C20H23ClF3NO2. The SMILES string of the molecule is CCOc1cc2c(cc1OCC)C(c1cccc(C(F)(F)F)c1)NCC2.Cl. The van der Waals surface area contributed by atoms with E-state index >= 15 is 0 Å². The van der Waals surface area contributed by atoms with E-state index in [0.29, 0.717) is 36.8 Å². The minimum absolute atomic E-state index is 0. The number of nitrogens with one attached hydrogen (secondary N) is 1. The van der Waals surface area contributed by atoms with E-state index in [4.69, 9.17) is 9.47 Å². The lowest BCUT2D eigenvalue weighted by Gasteiger charge is -2.29. The predicted octanol–water partition coefficient (Wildman–Crippen LogP) is 5.16. The molecule has 1 atom stereocenters. The molecule has 3 rings (SSSR count). The number of halogens is 4. The molecule has 7 heteroatoms. The van der Waals surface area contributed by atoms with Crippen LogP contribution in [-0.4, -0.2) is 19.8 Å². The zero-order chi connectivity index (χ0) is 18.7. The largest absolute Gasteiger partial charge is 0.490 e. The molecule has 0 aliphatic carbocycles. The minimum atomic E-state index is -4.36. The van der Waals surface area contributed by atoms with Gasteiger partial charge in [0, 0.05) is 6.54 Å². The van der Waals surface area contributed by atoms with Gasteiger partial charge in [0.05, 0.1) is 24.8 Å². The van der Waals surface area contributed by atoms with E-state index in [9.17, 15) is 13.2 Å². The summed E-state index contributed by atoms with van der Waals surface area (Å²) in [6, 6.07) is 9.01. The van der Waals surface area contributed by atoms with Crippen LogP contribution in [0.3, 0.4) is 0 Å². The summed E-state index contributed by atoms with van der Waals surface area (Å²) in [5, 5.41) is 3.33. The summed E-state index contributed by atoms with van der Waals surface area (Å²) in [7, 11) is 0. The van der Waals surface area contributed by atoms with Gasteiger partial charge in [0.2, 0.25) is 0 Å². The Labute approximate surface area is 163 Å².